The van der Waals surface area contributed by atoms with Gasteiger partial charge in [0.1, 0.15) is 0 Å². The Bertz CT molecular complexity index is 374. The van der Waals surface area contributed by atoms with Gasteiger partial charge < -0.3 is 19.8 Å². The number of aliphatic hydroxyl groups excluding tert-OH is 2. The van der Waals surface area contributed by atoms with Crippen molar-refractivity contribution in [3.05, 3.63) is 0 Å². The first-order valence-corrected chi connectivity index (χ1v) is 21.1. The predicted molar refractivity (Wildman–Crippen MR) is 178 cm³/mol. The van der Waals surface area contributed by atoms with E-state index in [0.29, 0.717) is 48.7 Å². The molecular formula is C32H76O4Si2Ti. The fourth-order valence-corrected chi connectivity index (χ4v) is 15.5. The quantitative estimate of drug-likeness (QED) is 0.128. The van der Waals surface area contributed by atoms with Gasteiger partial charge in [-0.15, -0.1) is 0 Å². The second-order valence-corrected chi connectivity index (χ2v) is 21.5. The third kappa shape index (κ3) is 43.6. The summed E-state index contributed by atoms with van der Waals surface area (Å²) in [5, 5.41) is 16.1. The zero-order chi connectivity index (χ0) is 30.9. The molecule has 4 nitrogen and oxygen atoms in total. The van der Waals surface area contributed by atoms with Gasteiger partial charge in [-0.1, -0.05) is 110 Å². The van der Waals surface area contributed by atoms with Gasteiger partial charge in [-0.05, 0) is 84.6 Å². The normalized spacial score (nSPS) is 11.7. The summed E-state index contributed by atoms with van der Waals surface area (Å²) in [7, 11) is -3.88. The number of unbranched alkanes of at least 4 members (excludes halogenated alkanes) is 2. The maximum atomic E-state index is 10.7. The van der Waals surface area contributed by atoms with Gasteiger partial charge in [0.05, 0.1) is 0 Å². The second-order valence-electron chi connectivity index (χ2n) is 14.2. The summed E-state index contributed by atoms with van der Waals surface area (Å²) >= 11 is 0. The summed E-state index contributed by atoms with van der Waals surface area (Å²) in [6, 6.07) is 6.44. The second kappa shape index (κ2) is 30.4. The first-order chi connectivity index (χ1) is 17.3. The molecular weight excluding hydrogens is 552 g/mol. The minimum Gasteiger partial charge on any atom is -0.432 e. The smallest absolute Gasteiger partial charge is 0.189 e. The molecule has 0 saturated carbocycles. The van der Waals surface area contributed by atoms with Crippen LogP contribution in [0.2, 0.25) is 36.3 Å². The van der Waals surface area contributed by atoms with Gasteiger partial charge in [-0.25, -0.2) is 0 Å². The number of rotatable bonds is 16. The Morgan fingerprint density at radius 3 is 0.615 bits per heavy atom. The van der Waals surface area contributed by atoms with Crippen LogP contribution in [-0.2, 0) is 21.7 Å². The van der Waals surface area contributed by atoms with Gasteiger partial charge in [0.25, 0.3) is 0 Å². The molecule has 0 heterocycles. The summed E-state index contributed by atoms with van der Waals surface area (Å²) < 4.78 is 0. The summed E-state index contributed by atoms with van der Waals surface area (Å²) in [4.78, 5) is 21.3. The van der Waals surface area contributed by atoms with Crippen molar-refractivity contribution in [1.29, 1.82) is 0 Å². The van der Waals surface area contributed by atoms with Crippen LogP contribution in [0.5, 0.6) is 0 Å². The molecule has 0 bridgehead atoms. The van der Waals surface area contributed by atoms with Crippen LogP contribution in [0, 0.1) is 35.5 Å². The molecule has 240 valence electrons. The minimum absolute atomic E-state index is 0. The van der Waals surface area contributed by atoms with E-state index in [4.69, 9.17) is 10.2 Å². The van der Waals surface area contributed by atoms with Crippen molar-refractivity contribution in [1.82, 2.24) is 0 Å². The van der Waals surface area contributed by atoms with E-state index in [2.05, 4.69) is 96.9 Å². The van der Waals surface area contributed by atoms with E-state index >= 15 is 0 Å². The molecule has 0 aromatic carbocycles. The SMILES string of the molecule is CC(C)C[Si](O)(CC(C)C)CC(C)C.CC(C)C[Si](O)(CC(C)C)CC(C)C.CCCCO.CCCCO.[Ti]. The Hall–Kier alpha value is 0.988. The zero-order valence-electron chi connectivity index (χ0n) is 29.2. The van der Waals surface area contributed by atoms with E-state index in [1.54, 1.807) is 0 Å². The van der Waals surface area contributed by atoms with Crippen LogP contribution in [0.3, 0.4) is 0 Å². The monoisotopic (exact) mass is 628 g/mol. The molecule has 4 N–H and O–H groups in total. The van der Waals surface area contributed by atoms with Crippen LogP contribution in [-0.4, -0.2) is 49.7 Å². The van der Waals surface area contributed by atoms with E-state index in [0.717, 1.165) is 61.9 Å². The Morgan fingerprint density at radius 2 is 0.564 bits per heavy atom. The predicted octanol–water partition coefficient (Wildman–Crippen LogP) is 9.34. The van der Waals surface area contributed by atoms with Crippen molar-refractivity contribution >= 4 is 16.6 Å². The molecule has 0 radical (unpaired) electrons. The van der Waals surface area contributed by atoms with E-state index in [1.807, 2.05) is 0 Å². The molecule has 7 heteroatoms. The average molecular weight is 629 g/mol. The minimum atomic E-state index is -1.94. The molecule has 0 atom stereocenters. The van der Waals surface area contributed by atoms with Crippen molar-refractivity contribution in [3.63, 3.8) is 0 Å². The molecule has 0 rings (SSSR count). The first-order valence-electron chi connectivity index (χ1n) is 16.0. The van der Waals surface area contributed by atoms with Crippen LogP contribution in [0.1, 0.15) is 123 Å². The van der Waals surface area contributed by atoms with Crippen molar-refractivity contribution in [3.8, 4) is 0 Å². The zero-order valence-corrected chi connectivity index (χ0v) is 32.8. The molecule has 39 heavy (non-hydrogen) atoms. The maximum absolute atomic E-state index is 10.7. The van der Waals surface area contributed by atoms with E-state index in [-0.39, 0.29) is 21.7 Å². The van der Waals surface area contributed by atoms with Crippen molar-refractivity contribution in [2.24, 2.45) is 35.5 Å². The maximum Gasteiger partial charge on any atom is 0.189 e. The van der Waals surface area contributed by atoms with Crippen molar-refractivity contribution < 1.29 is 41.5 Å². The Morgan fingerprint density at radius 1 is 0.410 bits per heavy atom. The Balaban J connectivity index is -0.000000145. The van der Waals surface area contributed by atoms with Crippen LogP contribution in [0.15, 0.2) is 0 Å². The van der Waals surface area contributed by atoms with Gasteiger partial charge in [0.2, 0.25) is 0 Å². The molecule has 0 saturated heterocycles. The Kier molecular flexibility index (Phi) is 38.8. The molecule has 0 aliphatic carbocycles. The summed E-state index contributed by atoms with van der Waals surface area (Å²) in [6.07, 6.45) is 4.08. The van der Waals surface area contributed by atoms with Crippen LogP contribution >= 0.6 is 0 Å². The Labute approximate surface area is 264 Å². The van der Waals surface area contributed by atoms with Crippen molar-refractivity contribution in [2.75, 3.05) is 13.2 Å². The topological polar surface area (TPSA) is 80.9 Å². The third-order valence-electron chi connectivity index (χ3n) is 5.75. The van der Waals surface area contributed by atoms with Gasteiger partial charge >= 0.3 is 0 Å². The van der Waals surface area contributed by atoms with Crippen LogP contribution < -0.4 is 0 Å². The van der Waals surface area contributed by atoms with Crippen molar-refractivity contribution in [2.45, 2.75) is 159 Å². The fraction of sp³-hybridized carbons (Fsp3) is 1.00. The third-order valence-corrected chi connectivity index (χ3v) is 15.2. The first kappa shape index (κ1) is 49.7. The largest absolute Gasteiger partial charge is 0.432 e. The van der Waals surface area contributed by atoms with Gasteiger partial charge in [0, 0.05) is 34.9 Å². The average Bonchev–Trinajstić information content (AvgIpc) is 2.66. The molecule has 0 aliphatic heterocycles. The number of aliphatic hydroxyl groups is 2. The van der Waals surface area contributed by atoms with Gasteiger partial charge in [-0.3, -0.25) is 0 Å². The molecule has 0 spiro atoms. The fourth-order valence-electron chi connectivity index (χ4n) is 5.38. The number of hydrogen-bond donors (Lipinski definition) is 4. The van der Waals surface area contributed by atoms with E-state index in [1.165, 1.54) is 0 Å². The molecule has 0 aliphatic rings. The van der Waals surface area contributed by atoms with Gasteiger partial charge in [0.15, 0.2) is 16.6 Å². The molecule has 0 unspecified atom stereocenters. The van der Waals surface area contributed by atoms with Crippen LogP contribution in [0.4, 0.5) is 0 Å². The summed E-state index contributed by atoms with van der Waals surface area (Å²) in [5.41, 5.74) is 0. The van der Waals surface area contributed by atoms with E-state index in [9.17, 15) is 9.59 Å². The van der Waals surface area contributed by atoms with E-state index < -0.39 is 16.6 Å². The summed E-state index contributed by atoms with van der Waals surface area (Å²) in [5.74, 6) is 3.86. The summed E-state index contributed by atoms with van der Waals surface area (Å²) in [6.45, 7) is 31.4. The standard InChI is InChI=1S/2C12H28OSi.2C4H10O.Ti/c2*1-10(2)7-14(13,8-11(3)4)9-12(5)6;2*1-2-3-4-5;/h2*10-13H,7-9H2,1-6H3;2*5H,2-4H2,1H3;. The molecule has 0 aromatic heterocycles. The van der Waals surface area contributed by atoms with Gasteiger partial charge in [-0.2, -0.15) is 0 Å². The molecule has 0 fully saturated rings. The molecule has 0 amide bonds. The number of hydrogen-bond acceptors (Lipinski definition) is 4. The van der Waals surface area contributed by atoms with Crippen LogP contribution in [0.25, 0.3) is 0 Å². The molecule has 0 aromatic rings.